The first-order chi connectivity index (χ1) is 15.0. The fraction of sp³-hybridized carbons (Fsp3) is 0.148. The number of benzene rings is 3. The van der Waals surface area contributed by atoms with E-state index in [-0.39, 0.29) is 6.42 Å². The summed E-state index contributed by atoms with van der Waals surface area (Å²) < 4.78 is 7.23. The van der Waals surface area contributed by atoms with Crippen molar-refractivity contribution in [3.8, 4) is 29.2 Å². The molecule has 0 saturated carbocycles. The highest BCUT2D eigenvalue weighted by molar-refractivity contribution is 7.17. The quantitative estimate of drug-likeness (QED) is 0.337. The zero-order valence-corrected chi connectivity index (χ0v) is 18.0. The van der Waals surface area contributed by atoms with E-state index < -0.39 is 11.9 Å². The van der Waals surface area contributed by atoms with E-state index in [1.54, 1.807) is 11.3 Å². The summed E-state index contributed by atoms with van der Waals surface area (Å²) in [6, 6.07) is 22.2. The lowest BCUT2D eigenvalue weighted by Crippen LogP contribution is -2.04. The molecule has 4 heteroatoms. The van der Waals surface area contributed by atoms with Gasteiger partial charge in [-0.1, -0.05) is 48.4 Å². The summed E-state index contributed by atoms with van der Waals surface area (Å²) in [7, 11) is 0. The molecular weight excluding hydrogens is 404 g/mol. The summed E-state index contributed by atoms with van der Waals surface area (Å²) in [5.74, 6) is 1.92. The molecule has 1 heterocycles. The fourth-order valence-corrected chi connectivity index (χ4v) is 4.60. The normalized spacial score (nSPS) is 11.7. The maximum atomic E-state index is 11.0. The van der Waals surface area contributed by atoms with E-state index in [1.165, 1.54) is 26.8 Å². The molecule has 0 amide bonds. The van der Waals surface area contributed by atoms with Crippen LogP contribution in [0, 0.1) is 19.3 Å². The van der Waals surface area contributed by atoms with Crippen LogP contribution in [-0.4, -0.2) is 11.1 Å². The minimum absolute atomic E-state index is 0.0828. The number of hydrogen-bond acceptors (Lipinski definition) is 3. The number of fused-ring (bicyclic) bond motifs is 1. The second-order valence-electron chi connectivity index (χ2n) is 7.47. The average Bonchev–Trinajstić information content (AvgIpc) is 3.20. The van der Waals surface area contributed by atoms with Gasteiger partial charge in [0.2, 0.25) is 0 Å². The summed E-state index contributed by atoms with van der Waals surface area (Å²) in [6.45, 7) is 2.59. The summed E-state index contributed by atoms with van der Waals surface area (Å²) in [5, 5.41) is 12.4. The number of hydrogen-bond donors (Lipinski definition) is 1. The molecule has 31 heavy (non-hydrogen) atoms. The molecule has 0 aliphatic carbocycles. The SMILES string of the molecule is C#C[C@@H](CC(=O)O)c1ccc(OCc2ccc3scc(-c4ccccc4C)c3c2)cc1. The molecule has 0 saturated heterocycles. The van der Waals surface area contributed by atoms with Crippen LogP contribution in [0.15, 0.2) is 72.1 Å². The van der Waals surface area contributed by atoms with Crippen molar-refractivity contribution in [1.29, 1.82) is 0 Å². The third kappa shape index (κ3) is 4.63. The number of carboxylic acid groups (broad SMARTS) is 1. The Hall–Kier alpha value is -3.55. The molecule has 0 aliphatic rings. The predicted octanol–water partition coefficient (Wildman–Crippen LogP) is 6.65. The molecule has 0 unspecified atom stereocenters. The van der Waals surface area contributed by atoms with Gasteiger partial charge in [-0.05, 0) is 58.8 Å². The van der Waals surface area contributed by atoms with Crippen molar-refractivity contribution in [2.75, 3.05) is 0 Å². The number of aryl methyl sites for hydroxylation is 1. The molecule has 0 bridgehead atoms. The van der Waals surface area contributed by atoms with Gasteiger partial charge < -0.3 is 9.84 Å². The van der Waals surface area contributed by atoms with Gasteiger partial charge in [0, 0.05) is 15.6 Å². The molecule has 1 atom stereocenters. The van der Waals surface area contributed by atoms with Crippen LogP contribution in [0.2, 0.25) is 0 Å². The maximum Gasteiger partial charge on any atom is 0.304 e. The predicted molar refractivity (Wildman–Crippen MR) is 127 cm³/mol. The smallest absolute Gasteiger partial charge is 0.304 e. The zero-order chi connectivity index (χ0) is 21.8. The third-order valence-electron chi connectivity index (χ3n) is 5.34. The van der Waals surface area contributed by atoms with Gasteiger partial charge in [-0.3, -0.25) is 4.79 Å². The Bertz CT molecular complexity index is 1260. The molecule has 0 fully saturated rings. The van der Waals surface area contributed by atoms with Gasteiger partial charge in [-0.2, -0.15) is 0 Å². The number of carbonyl (C=O) groups is 1. The zero-order valence-electron chi connectivity index (χ0n) is 17.2. The van der Waals surface area contributed by atoms with Crippen molar-refractivity contribution < 1.29 is 14.6 Å². The molecule has 1 N–H and O–H groups in total. The summed E-state index contributed by atoms with van der Waals surface area (Å²) >= 11 is 1.75. The fourth-order valence-electron chi connectivity index (χ4n) is 3.66. The van der Waals surface area contributed by atoms with E-state index in [2.05, 4.69) is 60.7 Å². The molecule has 154 valence electrons. The Morgan fingerprint density at radius 2 is 1.87 bits per heavy atom. The van der Waals surface area contributed by atoms with Crippen LogP contribution in [0.5, 0.6) is 5.75 Å². The number of ether oxygens (including phenoxy) is 1. The second kappa shape index (κ2) is 9.07. The lowest BCUT2D eigenvalue weighted by molar-refractivity contribution is -0.137. The summed E-state index contributed by atoms with van der Waals surface area (Å²) in [5.41, 5.74) is 5.67. The summed E-state index contributed by atoms with van der Waals surface area (Å²) in [6.07, 6.45) is 5.40. The van der Waals surface area contributed by atoms with Gasteiger partial charge in [0.05, 0.1) is 12.3 Å². The Kier molecular flexibility index (Phi) is 6.06. The van der Waals surface area contributed by atoms with Gasteiger partial charge in [0.15, 0.2) is 0 Å². The first kappa shape index (κ1) is 20.7. The van der Waals surface area contributed by atoms with Crippen LogP contribution in [0.3, 0.4) is 0 Å². The van der Waals surface area contributed by atoms with E-state index >= 15 is 0 Å². The Labute approximate surface area is 185 Å². The number of aliphatic carboxylic acids is 1. The summed E-state index contributed by atoms with van der Waals surface area (Å²) in [4.78, 5) is 11.0. The van der Waals surface area contributed by atoms with Crippen LogP contribution >= 0.6 is 11.3 Å². The first-order valence-electron chi connectivity index (χ1n) is 10.0. The monoisotopic (exact) mass is 426 g/mol. The highest BCUT2D eigenvalue weighted by Gasteiger charge is 2.13. The van der Waals surface area contributed by atoms with Gasteiger partial charge in [0.1, 0.15) is 12.4 Å². The van der Waals surface area contributed by atoms with Crippen LogP contribution < -0.4 is 4.74 Å². The number of carboxylic acids is 1. The van der Waals surface area contributed by atoms with E-state index in [1.807, 2.05) is 24.3 Å². The van der Waals surface area contributed by atoms with Crippen molar-refractivity contribution in [1.82, 2.24) is 0 Å². The minimum Gasteiger partial charge on any atom is -0.489 e. The highest BCUT2D eigenvalue weighted by atomic mass is 32.1. The number of thiophene rings is 1. The minimum atomic E-state index is -0.905. The Balaban J connectivity index is 1.51. The Morgan fingerprint density at radius 1 is 1.10 bits per heavy atom. The molecule has 0 radical (unpaired) electrons. The molecule has 0 spiro atoms. The van der Waals surface area contributed by atoms with E-state index in [9.17, 15) is 4.79 Å². The Morgan fingerprint density at radius 3 is 2.58 bits per heavy atom. The van der Waals surface area contributed by atoms with E-state index in [4.69, 9.17) is 16.3 Å². The lowest BCUT2D eigenvalue weighted by atomic mass is 9.97. The maximum absolute atomic E-state index is 11.0. The first-order valence-corrected chi connectivity index (χ1v) is 10.9. The molecule has 3 aromatic carbocycles. The van der Waals surface area contributed by atoms with Crippen molar-refractivity contribution >= 4 is 27.4 Å². The van der Waals surface area contributed by atoms with Crippen LogP contribution in [0.1, 0.15) is 29.0 Å². The molecule has 4 rings (SSSR count). The van der Waals surface area contributed by atoms with Gasteiger partial charge >= 0.3 is 5.97 Å². The molecule has 4 aromatic rings. The van der Waals surface area contributed by atoms with E-state index in [0.717, 1.165) is 16.9 Å². The standard InChI is InChI=1S/C27H22O3S/c1-3-20(15-27(28)29)21-9-11-22(12-10-21)30-16-19-8-13-26-24(14-19)25(17-31-26)23-7-5-4-6-18(23)2/h1,4-14,17,20H,15-16H2,2H3,(H,28,29)/t20-/m0/s1. The molecule has 1 aromatic heterocycles. The van der Waals surface area contributed by atoms with Crippen LogP contribution in [-0.2, 0) is 11.4 Å². The topological polar surface area (TPSA) is 46.5 Å². The third-order valence-corrected chi connectivity index (χ3v) is 6.30. The second-order valence-corrected chi connectivity index (χ2v) is 8.38. The van der Waals surface area contributed by atoms with Gasteiger partial charge in [-0.15, -0.1) is 17.8 Å². The van der Waals surface area contributed by atoms with Gasteiger partial charge in [0.25, 0.3) is 0 Å². The average molecular weight is 427 g/mol. The largest absolute Gasteiger partial charge is 0.489 e. The van der Waals surface area contributed by atoms with Gasteiger partial charge in [-0.25, -0.2) is 0 Å². The van der Waals surface area contributed by atoms with Crippen LogP contribution in [0.4, 0.5) is 0 Å². The van der Waals surface area contributed by atoms with Crippen molar-refractivity contribution in [2.24, 2.45) is 0 Å². The molecular formula is C27H22O3S. The number of rotatable bonds is 7. The highest BCUT2D eigenvalue weighted by Crippen LogP contribution is 2.36. The number of terminal acetylenes is 1. The van der Waals surface area contributed by atoms with Crippen LogP contribution in [0.25, 0.3) is 21.2 Å². The molecule has 3 nitrogen and oxygen atoms in total. The van der Waals surface area contributed by atoms with Crippen molar-refractivity contribution in [3.63, 3.8) is 0 Å². The van der Waals surface area contributed by atoms with E-state index in [0.29, 0.717) is 6.61 Å². The van der Waals surface area contributed by atoms with Crippen molar-refractivity contribution in [2.45, 2.75) is 25.9 Å². The van der Waals surface area contributed by atoms with Crippen molar-refractivity contribution in [3.05, 3.63) is 88.8 Å². The molecule has 0 aliphatic heterocycles. The lowest BCUT2D eigenvalue weighted by Gasteiger charge is -2.11.